The zero-order valence-corrected chi connectivity index (χ0v) is 67.1. The molecule has 1 aliphatic heterocycles. The van der Waals surface area contributed by atoms with Gasteiger partial charge in [-0.2, -0.15) is 0 Å². The molecule has 590 valence electrons. The molecule has 25 heteroatoms. The van der Waals surface area contributed by atoms with E-state index in [2.05, 4.69) is 201 Å². The molecule has 1 heterocycles. The fourth-order valence-corrected chi connectivity index (χ4v) is 2.64. The van der Waals surface area contributed by atoms with Gasteiger partial charge in [-0.25, -0.2) is 0 Å². The zero-order valence-electron chi connectivity index (χ0n) is 67.1. The molecule has 0 aromatic heterocycles. The fourth-order valence-electron chi connectivity index (χ4n) is 2.64. The van der Waals surface area contributed by atoms with Crippen molar-refractivity contribution in [3.05, 3.63) is 71.8 Å². The first-order valence-corrected chi connectivity index (χ1v) is 29.4. The maximum Gasteiger partial charge on any atom is 0.219 e. The highest BCUT2D eigenvalue weighted by atomic mass is 16.3. The van der Waals surface area contributed by atoms with E-state index in [-0.39, 0.29) is 45.6 Å². The van der Waals surface area contributed by atoms with Crippen molar-refractivity contribution in [2.45, 2.75) is 216 Å². The summed E-state index contributed by atoms with van der Waals surface area (Å²) in [5, 5.41) is 8.06. The van der Waals surface area contributed by atoms with Crippen molar-refractivity contribution in [2.75, 3.05) is 55.4 Å². The lowest BCUT2D eigenvalue weighted by Gasteiger charge is -2.24. The quantitative estimate of drug-likeness (QED) is 0.128. The number of nitrogens with zero attached hydrogens (tertiary/aromatic N) is 1. The van der Waals surface area contributed by atoms with Gasteiger partial charge in [-0.15, -0.1) is 0 Å². The van der Waals surface area contributed by atoms with Crippen LogP contribution in [0.25, 0.3) is 0 Å². The van der Waals surface area contributed by atoms with Gasteiger partial charge >= 0.3 is 0 Å². The summed E-state index contributed by atoms with van der Waals surface area (Å²) in [7, 11) is 9.00. The Morgan fingerprint density at radius 3 is 0.543 bits per heavy atom. The van der Waals surface area contributed by atoms with Crippen molar-refractivity contribution < 1.29 is 65.5 Å². The van der Waals surface area contributed by atoms with Gasteiger partial charge in [0, 0.05) is 29.0 Å². The number of hydrogen-bond donors (Lipinski definition) is 12. The molecule has 2 aromatic carbocycles. The Bertz CT molecular complexity index is 1030. The summed E-state index contributed by atoms with van der Waals surface area (Å²) in [6.07, 6.45) is 11.0. The highest BCUT2D eigenvalue weighted by molar-refractivity contribution is 5.73. The van der Waals surface area contributed by atoms with Crippen LogP contribution in [0.4, 0.5) is 0 Å². The molecule has 1 saturated heterocycles. The number of piperidine rings is 1. The zero-order chi connectivity index (χ0) is 78.6. The molecule has 0 unspecified atom stereocenters. The number of aryl methyl sites for hydroxylation is 2. The van der Waals surface area contributed by atoms with Crippen LogP contribution in [0.2, 0.25) is 0 Å². The number of likely N-dealkylation sites (tertiary alicyclic amines) is 1. The smallest absolute Gasteiger partial charge is 0.219 e. The minimum atomic E-state index is -0.167. The highest BCUT2D eigenvalue weighted by Crippen LogP contribution is 2.07. The van der Waals surface area contributed by atoms with Gasteiger partial charge in [0.15, 0.2) is 0 Å². The average Bonchev–Trinajstić information content (AvgIpc) is 3.63. The minimum absolute atomic E-state index is 0. The van der Waals surface area contributed by atoms with Gasteiger partial charge in [0.1, 0.15) is 74.7 Å². The second-order valence-electron chi connectivity index (χ2n) is 16.3. The van der Waals surface area contributed by atoms with Crippen LogP contribution in [-0.4, -0.2) is 152 Å². The summed E-state index contributed by atoms with van der Waals surface area (Å²) < 4.78 is 0. The molecule has 94 heavy (non-hydrogen) atoms. The molecule has 0 saturated carbocycles. The minimum Gasteiger partial charge on any atom is -0.394 e. The van der Waals surface area contributed by atoms with Crippen molar-refractivity contribution >= 4 is 80.6 Å². The molecular weight excluding hydrogens is 1200 g/mol. The summed E-state index contributed by atoms with van der Waals surface area (Å²) in [5.41, 5.74) is 29.8. The Hall–Kier alpha value is -6.20. The van der Waals surface area contributed by atoms with Gasteiger partial charge in [0.05, 0.1) is 0 Å². The monoisotopic (exact) mass is 1380 g/mol. The fraction of sp³-hybridized carbons (Fsp3) is 0.652. The Morgan fingerprint density at radius 2 is 0.479 bits per heavy atom. The van der Waals surface area contributed by atoms with Crippen LogP contribution in [-0.2, 0) is 70.4 Å². The second-order valence-corrected chi connectivity index (χ2v) is 16.3. The van der Waals surface area contributed by atoms with E-state index in [0.717, 1.165) is 55.5 Å². The Balaban J connectivity index is -0.0000000161. The Labute approximate surface area is 587 Å². The number of amides is 1. The summed E-state index contributed by atoms with van der Waals surface area (Å²) in [5.74, 6) is 4.60. The number of aliphatic hydroxyl groups excluding tert-OH is 1. The number of carbonyl (C=O) groups is 12. The van der Waals surface area contributed by atoms with E-state index in [9.17, 15) is 4.79 Å². The lowest BCUT2D eigenvalue weighted by molar-refractivity contribution is -0.129. The van der Waals surface area contributed by atoms with Crippen LogP contribution in [0.1, 0.15) is 211 Å². The van der Waals surface area contributed by atoms with Crippen LogP contribution in [0.15, 0.2) is 60.7 Å². The van der Waals surface area contributed by atoms with Crippen molar-refractivity contribution in [1.82, 2.24) is 35.7 Å². The molecule has 0 spiro atoms. The van der Waals surface area contributed by atoms with E-state index in [1.807, 2.05) is 106 Å². The first kappa shape index (κ1) is 191. The predicted octanol–water partition coefficient (Wildman–Crippen LogP) is 13.5. The number of carbonyl (C=O) groups excluding carboxylic acids is 12. The van der Waals surface area contributed by atoms with Crippen LogP contribution in [0.3, 0.4) is 0 Å². The molecule has 3 rings (SSSR count). The van der Waals surface area contributed by atoms with E-state index < -0.39 is 0 Å². The van der Waals surface area contributed by atoms with Crippen LogP contribution >= 0.6 is 0 Å². The normalized spacial score (nSPS) is 7.18. The standard InChI is InChI=1S/2C8H10.C7H13NO.4C5H12.C4H10.C3H8O.C2H6.6CH5N.11CH2O.5H3N.2H2/c2*1-2-8-6-4-3-5-7-8;1-7(9)8-5-3-2-4-6-8;4*1-4-5(2)3;1-4(2)3;1-3(2)4;18*1-2;;;;;;;/h2*3-7H,2H2,1H3;2-6H2,1H3;4*5H,4H2,1-3H3;4H,1-3H3;3-4H,1-2H3;1-2H3;6*2H2,1H3;11*1H2;5*1H3;2*1H. The number of rotatable bonds is 6. The molecule has 28 N–H and O–H groups in total. The average molecular weight is 1380 g/mol. The van der Waals surface area contributed by atoms with Crippen LogP contribution in [0, 0.1) is 29.6 Å². The highest BCUT2D eigenvalue weighted by Gasteiger charge is 2.11. The first-order valence-electron chi connectivity index (χ1n) is 29.4. The molecule has 25 nitrogen and oxygen atoms in total. The number of nitrogens with two attached hydrogens (primary N) is 6. The van der Waals surface area contributed by atoms with E-state index in [4.69, 9.17) is 57.8 Å². The van der Waals surface area contributed by atoms with Crippen molar-refractivity contribution in [2.24, 2.45) is 64.0 Å². The van der Waals surface area contributed by atoms with E-state index in [0.29, 0.717) is 0 Å². The third-order valence-corrected chi connectivity index (χ3v) is 7.57. The number of hydrogen-bond acceptors (Lipinski definition) is 24. The molecule has 0 atom stereocenters. The molecule has 2 aromatic rings. The van der Waals surface area contributed by atoms with Gasteiger partial charge in [0.2, 0.25) is 5.91 Å². The van der Waals surface area contributed by atoms with E-state index >= 15 is 0 Å². The van der Waals surface area contributed by atoms with Gasteiger partial charge in [-0.3, -0.25) is 4.79 Å². The maximum absolute atomic E-state index is 10.7. The van der Waals surface area contributed by atoms with Gasteiger partial charge in [-0.1, -0.05) is 218 Å². The molecule has 0 radical (unpaired) electrons. The topological polar surface area (TPSA) is 559 Å². The van der Waals surface area contributed by atoms with Gasteiger partial charge < -0.3 is 128 Å². The molecule has 1 aliphatic rings. The lowest BCUT2D eigenvalue weighted by atomic mass is 10.1. The second kappa shape index (κ2) is 318. The van der Waals surface area contributed by atoms with Crippen molar-refractivity contribution in [1.29, 1.82) is 0 Å². The predicted molar refractivity (Wildman–Crippen MR) is 426 cm³/mol. The molecule has 1 fully saturated rings. The third kappa shape index (κ3) is 540. The summed E-state index contributed by atoms with van der Waals surface area (Å²) in [6, 6.07) is 20.9. The van der Waals surface area contributed by atoms with Gasteiger partial charge in [0.25, 0.3) is 0 Å². The first-order chi connectivity index (χ1) is 42.7. The Morgan fingerprint density at radius 1 is 0.362 bits per heavy atom. The van der Waals surface area contributed by atoms with Crippen molar-refractivity contribution in [3.8, 4) is 0 Å². The summed E-state index contributed by atoms with van der Waals surface area (Å²) in [4.78, 5) is 101. The number of aliphatic hydroxyl groups is 1. The SMILES string of the molecule is C=O.C=O.C=O.C=O.C=O.C=O.C=O.C=O.C=O.C=O.C=O.CC.CC(=O)N1CCCCC1.CC(C)C.CC(C)O.CCC(C)C.CCC(C)C.CCC(C)C.CCC(C)C.CCc1ccccc1.CCc1ccccc1.CN.CN.CN.CN.CN.CN.N.N.N.N.N.[HH].[HH]. The molecular formula is C69H176N12O13. The largest absolute Gasteiger partial charge is 0.394 e. The lowest BCUT2D eigenvalue weighted by Crippen LogP contribution is -2.33. The third-order valence-electron chi connectivity index (χ3n) is 7.57. The maximum atomic E-state index is 10.7. The Kier molecular flexibility index (Phi) is 648. The number of benzene rings is 2. The molecule has 0 aliphatic carbocycles. The summed E-state index contributed by atoms with van der Waals surface area (Å²) in [6.45, 7) is 70.4. The van der Waals surface area contributed by atoms with E-state index in [1.165, 1.54) is 98.4 Å². The summed E-state index contributed by atoms with van der Waals surface area (Å²) >= 11 is 0. The van der Waals surface area contributed by atoms with Crippen LogP contribution in [0.5, 0.6) is 0 Å². The van der Waals surface area contributed by atoms with Crippen molar-refractivity contribution in [3.63, 3.8) is 0 Å². The van der Waals surface area contributed by atoms with Gasteiger partial charge in [-0.05, 0) is 129 Å². The molecule has 0 bridgehead atoms. The van der Waals surface area contributed by atoms with E-state index in [1.54, 1.807) is 20.8 Å². The molecule has 1 amide bonds. The van der Waals surface area contributed by atoms with Crippen LogP contribution < -0.4 is 65.2 Å².